The predicted molar refractivity (Wildman–Crippen MR) is 63.9 cm³/mol. The van der Waals surface area contributed by atoms with Gasteiger partial charge in [0.2, 0.25) is 5.91 Å². The topological polar surface area (TPSA) is 55.4 Å². The fraction of sp³-hybridized carbons (Fsp3) is 0.364. The van der Waals surface area contributed by atoms with E-state index in [1.807, 2.05) is 0 Å². The highest BCUT2D eigenvalue weighted by Crippen LogP contribution is 2.17. The van der Waals surface area contributed by atoms with Crippen molar-refractivity contribution in [2.24, 2.45) is 0 Å². The van der Waals surface area contributed by atoms with Crippen LogP contribution in [0.2, 0.25) is 0 Å². The van der Waals surface area contributed by atoms with Crippen molar-refractivity contribution in [1.29, 1.82) is 0 Å². The Morgan fingerprint density at radius 3 is 2.83 bits per heavy atom. The maximum atomic E-state index is 12.0. The highest BCUT2D eigenvalue weighted by atomic mass is 32.2. The number of amides is 1. The minimum Gasteiger partial charge on any atom is -0.435 e. The number of alkyl halides is 2. The van der Waals surface area contributed by atoms with Gasteiger partial charge in [0.15, 0.2) is 0 Å². The van der Waals surface area contributed by atoms with Crippen molar-refractivity contribution in [1.82, 2.24) is 5.32 Å². The van der Waals surface area contributed by atoms with Crippen LogP contribution in [0.25, 0.3) is 0 Å². The lowest BCUT2D eigenvalue weighted by Crippen LogP contribution is -2.24. The van der Waals surface area contributed by atoms with Crippen LogP contribution in [0.5, 0.6) is 5.75 Å². The van der Waals surface area contributed by atoms with Crippen molar-refractivity contribution in [3.8, 4) is 5.75 Å². The van der Waals surface area contributed by atoms with E-state index in [2.05, 4.69) is 10.1 Å². The molecule has 0 saturated heterocycles. The normalized spacial score (nSPS) is 12.2. The van der Waals surface area contributed by atoms with E-state index >= 15 is 0 Å². The molecular weight excluding hydrogens is 264 g/mol. The second-order valence-electron chi connectivity index (χ2n) is 3.43. The van der Waals surface area contributed by atoms with Gasteiger partial charge in [0.25, 0.3) is 0 Å². The first-order valence-electron chi connectivity index (χ1n) is 5.10. The van der Waals surface area contributed by atoms with E-state index in [1.165, 1.54) is 25.2 Å². The highest BCUT2D eigenvalue weighted by molar-refractivity contribution is 7.84. The van der Waals surface area contributed by atoms with Gasteiger partial charge in [-0.05, 0) is 17.7 Å². The van der Waals surface area contributed by atoms with E-state index in [0.717, 1.165) is 0 Å². The Bertz CT molecular complexity index is 440. The average molecular weight is 277 g/mol. The van der Waals surface area contributed by atoms with Crippen LogP contribution in [0.1, 0.15) is 5.56 Å². The standard InChI is InChI=1S/C11H13F2NO3S/c1-14-10(15)7-18(16)6-8-3-2-4-9(5-8)17-11(12)13/h2-5,11H,6-7H2,1H3,(H,14,15). The van der Waals surface area contributed by atoms with Crippen molar-refractivity contribution >= 4 is 16.7 Å². The molecule has 1 amide bonds. The summed E-state index contributed by atoms with van der Waals surface area (Å²) in [5.74, 6) is -0.308. The maximum absolute atomic E-state index is 12.0. The van der Waals surface area contributed by atoms with E-state index in [4.69, 9.17) is 0 Å². The molecule has 1 rings (SSSR count). The number of carbonyl (C=O) groups is 1. The molecule has 7 heteroatoms. The molecule has 1 aromatic rings. The SMILES string of the molecule is CNC(=O)CS(=O)Cc1cccc(OC(F)F)c1. The monoisotopic (exact) mass is 277 g/mol. The first kappa shape index (κ1) is 14.6. The highest BCUT2D eigenvalue weighted by Gasteiger charge is 2.09. The number of carbonyl (C=O) groups excluding carboxylic acids is 1. The molecule has 4 nitrogen and oxygen atoms in total. The Morgan fingerprint density at radius 1 is 1.50 bits per heavy atom. The van der Waals surface area contributed by atoms with E-state index in [-0.39, 0.29) is 23.2 Å². The molecule has 0 saturated carbocycles. The quantitative estimate of drug-likeness (QED) is 0.852. The smallest absolute Gasteiger partial charge is 0.387 e. The van der Waals surface area contributed by atoms with Crippen LogP contribution < -0.4 is 10.1 Å². The zero-order chi connectivity index (χ0) is 13.5. The molecule has 0 spiro atoms. The third-order valence-electron chi connectivity index (χ3n) is 2.02. The predicted octanol–water partition coefficient (Wildman–Crippen LogP) is 1.28. The van der Waals surface area contributed by atoms with Crippen molar-refractivity contribution < 1.29 is 22.5 Å². The summed E-state index contributed by atoms with van der Waals surface area (Å²) in [6.07, 6.45) is 0. The zero-order valence-electron chi connectivity index (χ0n) is 9.69. The number of halogens is 2. The summed E-state index contributed by atoms with van der Waals surface area (Å²) in [7, 11) is 0.0780. The van der Waals surface area contributed by atoms with Gasteiger partial charge in [-0.25, -0.2) is 0 Å². The number of rotatable bonds is 6. The lowest BCUT2D eigenvalue weighted by atomic mass is 10.2. The van der Waals surface area contributed by atoms with Gasteiger partial charge in [-0.3, -0.25) is 9.00 Å². The van der Waals surface area contributed by atoms with Gasteiger partial charge in [-0.15, -0.1) is 0 Å². The Morgan fingerprint density at radius 2 is 2.22 bits per heavy atom. The van der Waals surface area contributed by atoms with E-state index in [9.17, 15) is 17.8 Å². The van der Waals surface area contributed by atoms with Crippen molar-refractivity contribution in [2.75, 3.05) is 12.8 Å². The van der Waals surface area contributed by atoms with E-state index in [0.29, 0.717) is 5.56 Å². The summed E-state index contributed by atoms with van der Waals surface area (Å²) in [5.41, 5.74) is 0.579. The number of ether oxygens (including phenoxy) is 1. The minimum absolute atomic E-state index is 0.0134. The molecule has 1 aromatic carbocycles. The summed E-state index contributed by atoms with van der Waals surface area (Å²) in [6.45, 7) is -2.89. The summed E-state index contributed by atoms with van der Waals surface area (Å²) in [6, 6.07) is 5.94. The molecular formula is C11H13F2NO3S. The Kier molecular flexibility index (Phi) is 5.70. The Hall–Kier alpha value is -1.50. The number of hydrogen-bond donors (Lipinski definition) is 1. The fourth-order valence-electron chi connectivity index (χ4n) is 1.27. The third-order valence-corrected chi connectivity index (χ3v) is 3.26. The first-order valence-corrected chi connectivity index (χ1v) is 6.59. The molecule has 1 atom stereocenters. The molecule has 0 aromatic heterocycles. The summed E-state index contributed by atoms with van der Waals surface area (Å²) in [5, 5.41) is 2.36. The molecule has 0 radical (unpaired) electrons. The van der Waals surface area contributed by atoms with Gasteiger partial charge in [-0.1, -0.05) is 12.1 Å². The van der Waals surface area contributed by atoms with Crippen LogP contribution in [-0.2, 0) is 21.3 Å². The largest absolute Gasteiger partial charge is 0.435 e. The lowest BCUT2D eigenvalue weighted by molar-refractivity contribution is -0.118. The summed E-state index contributed by atoms with van der Waals surface area (Å²) >= 11 is 0. The molecule has 1 unspecified atom stereocenters. The van der Waals surface area contributed by atoms with Gasteiger partial charge in [0, 0.05) is 23.6 Å². The third kappa shape index (κ3) is 5.22. The average Bonchev–Trinajstić information content (AvgIpc) is 2.28. The van der Waals surface area contributed by atoms with Crippen molar-refractivity contribution in [3.63, 3.8) is 0 Å². The summed E-state index contributed by atoms with van der Waals surface area (Å²) in [4.78, 5) is 11.0. The van der Waals surface area contributed by atoms with Crippen molar-refractivity contribution in [3.05, 3.63) is 29.8 Å². The van der Waals surface area contributed by atoms with Gasteiger partial charge in [0.05, 0.1) is 0 Å². The molecule has 0 heterocycles. The van der Waals surface area contributed by atoms with E-state index in [1.54, 1.807) is 6.07 Å². The molecule has 0 fully saturated rings. The molecule has 0 aliphatic heterocycles. The van der Waals surface area contributed by atoms with Crippen LogP contribution in [0, 0.1) is 0 Å². The molecule has 0 aliphatic rings. The zero-order valence-corrected chi connectivity index (χ0v) is 10.5. The van der Waals surface area contributed by atoms with Crippen molar-refractivity contribution in [2.45, 2.75) is 12.4 Å². The summed E-state index contributed by atoms with van der Waals surface area (Å²) < 4.78 is 39.8. The Balaban J connectivity index is 2.61. The van der Waals surface area contributed by atoms with Gasteiger partial charge >= 0.3 is 6.61 Å². The van der Waals surface area contributed by atoms with Gasteiger partial charge in [-0.2, -0.15) is 8.78 Å². The van der Waals surface area contributed by atoms with Gasteiger partial charge < -0.3 is 10.1 Å². The second-order valence-corrected chi connectivity index (χ2v) is 4.88. The van der Waals surface area contributed by atoms with Crippen LogP contribution in [-0.4, -0.2) is 29.5 Å². The van der Waals surface area contributed by atoms with Crippen LogP contribution in [0.4, 0.5) is 8.78 Å². The van der Waals surface area contributed by atoms with Gasteiger partial charge in [0.1, 0.15) is 11.5 Å². The number of benzene rings is 1. The van der Waals surface area contributed by atoms with Crippen LogP contribution in [0.15, 0.2) is 24.3 Å². The number of hydrogen-bond acceptors (Lipinski definition) is 3. The number of nitrogens with one attached hydrogen (secondary N) is 1. The lowest BCUT2D eigenvalue weighted by Gasteiger charge is -2.06. The second kappa shape index (κ2) is 7.05. The van der Waals surface area contributed by atoms with E-state index < -0.39 is 17.4 Å². The molecule has 100 valence electrons. The van der Waals surface area contributed by atoms with Crippen LogP contribution >= 0.6 is 0 Å². The minimum atomic E-state index is -2.89. The van der Waals surface area contributed by atoms with Crippen LogP contribution in [0.3, 0.4) is 0 Å². The fourth-order valence-corrected chi connectivity index (χ4v) is 2.36. The Labute approximate surface area is 106 Å². The molecule has 1 N–H and O–H groups in total. The molecule has 0 bridgehead atoms. The molecule has 0 aliphatic carbocycles. The maximum Gasteiger partial charge on any atom is 0.387 e. The first-order chi connectivity index (χ1) is 8.51. The molecule has 18 heavy (non-hydrogen) atoms.